The molecule has 4 nitrogen and oxygen atoms in total. The van der Waals surface area contributed by atoms with Crippen LogP contribution in [0.4, 0.5) is 0 Å². The highest BCUT2D eigenvalue weighted by atomic mass is 79.9. The van der Waals surface area contributed by atoms with Gasteiger partial charge in [0.1, 0.15) is 5.75 Å². The van der Waals surface area contributed by atoms with E-state index in [1.165, 1.54) is 18.2 Å². The number of Topliss-reactive ketones (excluding diaryl/α,β-unsaturated/α-hetero) is 1. The van der Waals surface area contributed by atoms with E-state index in [4.69, 9.17) is 5.11 Å². The number of phenolic OH excluding ortho intramolecular Hbond substituents is 1. The van der Waals surface area contributed by atoms with Crippen LogP contribution in [0.1, 0.15) is 10.4 Å². The summed E-state index contributed by atoms with van der Waals surface area (Å²) in [5, 5.41) is 17.7. The first-order valence-electron chi connectivity index (χ1n) is 3.29. The van der Waals surface area contributed by atoms with Gasteiger partial charge in [-0.2, -0.15) is 0 Å². The first-order chi connectivity index (χ1) is 6.04. The van der Waals surface area contributed by atoms with E-state index in [2.05, 4.69) is 15.9 Å². The molecule has 0 aromatic heterocycles. The van der Waals surface area contributed by atoms with Crippen molar-refractivity contribution in [1.82, 2.24) is 0 Å². The number of para-hydroxylation sites is 1. The molecule has 0 saturated carbocycles. The molecular formula is C8H5BrO4. The molecule has 0 heterocycles. The highest BCUT2D eigenvalue weighted by molar-refractivity contribution is 9.10. The maximum Gasteiger partial charge on any atom is 0.377 e. The lowest BCUT2D eigenvalue weighted by molar-refractivity contribution is -0.131. The minimum atomic E-state index is -1.59. The topological polar surface area (TPSA) is 74.6 Å². The van der Waals surface area contributed by atoms with E-state index in [0.29, 0.717) is 4.47 Å². The van der Waals surface area contributed by atoms with Crippen LogP contribution in [0, 0.1) is 0 Å². The lowest BCUT2D eigenvalue weighted by Crippen LogP contribution is -2.12. The Morgan fingerprint density at radius 2 is 1.92 bits per heavy atom. The molecule has 0 unspecified atom stereocenters. The number of carbonyl (C=O) groups is 2. The van der Waals surface area contributed by atoms with Gasteiger partial charge in [-0.3, -0.25) is 4.79 Å². The Balaban J connectivity index is 3.23. The third-order valence-corrected chi connectivity index (χ3v) is 2.07. The molecule has 0 atom stereocenters. The van der Waals surface area contributed by atoms with E-state index in [0.717, 1.165) is 0 Å². The third kappa shape index (κ3) is 1.86. The maximum absolute atomic E-state index is 10.9. The van der Waals surface area contributed by atoms with Crippen LogP contribution in [0.2, 0.25) is 0 Å². The second kappa shape index (κ2) is 3.57. The van der Waals surface area contributed by atoms with Crippen LogP contribution in [0.5, 0.6) is 5.75 Å². The van der Waals surface area contributed by atoms with E-state index in [-0.39, 0.29) is 11.3 Å². The van der Waals surface area contributed by atoms with Crippen molar-refractivity contribution >= 4 is 27.7 Å². The highest BCUT2D eigenvalue weighted by Crippen LogP contribution is 2.27. The summed E-state index contributed by atoms with van der Waals surface area (Å²) >= 11 is 2.97. The van der Waals surface area contributed by atoms with Gasteiger partial charge in [-0.05, 0) is 28.1 Å². The fraction of sp³-hybridized carbons (Fsp3) is 0. The number of benzene rings is 1. The largest absolute Gasteiger partial charge is 0.506 e. The van der Waals surface area contributed by atoms with Crippen molar-refractivity contribution in [3.63, 3.8) is 0 Å². The van der Waals surface area contributed by atoms with Crippen molar-refractivity contribution in [3.05, 3.63) is 28.2 Å². The van der Waals surface area contributed by atoms with Crippen LogP contribution in [0.15, 0.2) is 22.7 Å². The summed E-state index contributed by atoms with van der Waals surface area (Å²) in [6, 6.07) is 4.23. The molecule has 0 fully saturated rings. The molecule has 0 bridgehead atoms. The van der Waals surface area contributed by atoms with Gasteiger partial charge in [-0.25, -0.2) is 4.79 Å². The molecule has 68 valence electrons. The number of aromatic hydroxyl groups is 1. The fourth-order valence-electron chi connectivity index (χ4n) is 0.814. The minimum Gasteiger partial charge on any atom is -0.506 e. The number of aliphatic carboxylic acids is 1. The minimum absolute atomic E-state index is 0.220. The van der Waals surface area contributed by atoms with Crippen LogP contribution >= 0.6 is 15.9 Å². The smallest absolute Gasteiger partial charge is 0.377 e. The second-order valence-corrected chi connectivity index (χ2v) is 3.12. The standard InChI is InChI=1S/C8H5BrO4/c9-5-3-1-2-4(6(5)10)7(11)8(12)13/h1-3,10H,(H,12,13). The summed E-state index contributed by atoms with van der Waals surface area (Å²) in [6.07, 6.45) is 0. The molecule has 1 rings (SSSR count). The lowest BCUT2D eigenvalue weighted by Gasteiger charge is -2.01. The SMILES string of the molecule is O=C(O)C(=O)c1cccc(Br)c1O. The molecular weight excluding hydrogens is 240 g/mol. The molecule has 1 aromatic rings. The number of carboxylic acids is 1. The van der Waals surface area contributed by atoms with E-state index in [1.54, 1.807) is 0 Å². The monoisotopic (exact) mass is 244 g/mol. The van der Waals surface area contributed by atoms with Crippen LogP contribution in [0.25, 0.3) is 0 Å². The predicted octanol–water partition coefficient (Wildman–Crippen LogP) is 1.42. The van der Waals surface area contributed by atoms with Crippen molar-refractivity contribution in [2.24, 2.45) is 0 Å². The number of halogens is 1. The van der Waals surface area contributed by atoms with Gasteiger partial charge in [0, 0.05) is 0 Å². The summed E-state index contributed by atoms with van der Waals surface area (Å²) in [7, 11) is 0. The predicted molar refractivity (Wildman–Crippen MR) is 47.8 cm³/mol. The van der Waals surface area contributed by atoms with Gasteiger partial charge in [0.15, 0.2) is 0 Å². The van der Waals surface area contributed by atoms with Crippen LogP contribution in [-0.4, -0.2) is 22.0 Å². The van der Waals surface area contributed by atoms with E-state index in [9.17, 15) is 14.7 Å². The Morgan fingerprint density at radius 1 is 1.31 bits per heavy atom. The third-order valence-electron chi connectivity index (χ3n) is 1.43. The Labute approximate surface area is 81.9 Å². The Hall–Kier alpha value is -1.36. The number of hydrogen-bond acceptors (Lipinski definition) is 3. The summed E-state index contributed by atoms with van der Waals surface area (Å²) in [5.74, 6) is -3.07. The van der Waals surface area contributed by atoms with Crippen LogP contribution in [0.3, 0.4) is 0 Å². The summed E-state index contributed by atoms with van der Waals surface area (Å²) < 4.78 is 0.291. The quantitative estimate of drug-likeness (QED) is 0.610. The van der Waals surface area contributed by atoms with E-state index < -0.39 is 11.8 Å². The van der Waals surface area contributed by atoms with Gasteiger partial charge in [0.05, 0.1) is 10.0 Å². The van der Waals surface area contributed by atoms with E-state index in [1.807, 2.05) is 0 Å². The first kappa shape index (κ1) is 9.73. The average Bonchev–Trinajstić information content (AvgIpc) is 2.08. The maximum atomic E-state index is 10.9. The number of phenols is 1. The molecule has 2 N–H and O–H groups in total. The molecule has 0 aliphatic rings. The molecule has 1 aromatic carbocycles. The van der Waals surface area contributed by atoms with Crippen molar-refractivity contribution in [1.29, 1.82) is 0 Å². The number of hydrogen-bond donors (Lipinski definition) is 2. The molecule has 0 radical (unpaired) electrons. The molecule has 0 aliphatic carbocycles. The molecule has 5 heteroatoms. The van der Waals surface area contributed by atoms with Gasteiger partial charge in [-0.15, -0.1) is 0 Å². The zero-order chi connectivity index (χ0) is 10.0. The average molecular weight is 245 g/mol. The summed E-state index contributed by atoms with van der Waals surface area (Å²) in [5.41, 5.74) is -0.220. The van der Waals surface area contributed by atoms with Crippen molar-refractivity contribution in [3.8, 4) is 5.75 Å². The Morgan fingerprint density at radius 3 is 2.46 bits per heavy atom. The highest BCUT2D eigenvalue weighted by Gasteiger charge is 2.19. The molecule has 0 saturated heterocycles. The van der Waals surface area contributed by atoms with Gasteiger partial charge in [0.25, 0.3) is 5.78 Å². The number of rotatable bonds is 2. The van der Waals surface area contributed by atoms with Crippen molar-refractivity contribution < 1.29 is 19.8 Å². The molecule has 0 amide bonds. The molecule has 0 aliphatic heterocycles. The molecule has 0 spiro atoms. The van der Waals surface area contributed by atoms with Gasteiger partial charge in [0.2, 0.25) is 0 Å². The zero-order valence-corrected chi connectivity index (χ0v) is 7.91. The van der Waals surface area contributed by atoms with Crippen LogP contribution < -0.4 is 0 Å². The number of carboxylic acid groups (broad SMARTS) is 1. The molecule has 13 heavy (non-hydrogen) atoms. The van der Waals surface area contributed by atoms with Gasteiger partial charge < -0.3 is 10.2 Å². The summed E-state index contributed by atoms with van der Waals surface area (Å²) in [4.78, 5) is 21.2. The van der Waals surface area contributed by atoms with Crippen molar-refractivity contribution in [2.75, 3.05) is 0 Å². The Kier molecular flexibility index (Phi) is 2.67. The Bertz CT molecular complexity index is 372. The lowest BCUT2D eigenvalue weighted by atomic mass is 10.1. The van der Waals surface area contributed by atoms with Crippen molar-refractivity contribution in [2.45, 2.75) is 0 Å². The number of carbonyl (C=O) groups excluding carboxylic acids is 1. The number of ketones is 1. The second-order valence-electron chi connectivity index (χ2n) is 2.27. The van der Waals surface area contributed by atoms with Crippen LogP contribution in [-0.2, 0) is 4.79 Å². The summed E-state index contributed by atoms with van der Waals surface area (Å²) in [6.45, 7) is 0. The fourth-order valence-corrected chi connectivity index (χ4v) is 1.18. The van der Waals surface area contributed by atoms with Gasteiger partial charge >= 0.3 is 5.97 Å². The first-order valence-corrected chi connectivity index (χ1v) is 4.08. The zero-order valence-electron chi connectivity index (χ0n) is 6.32. The van der Waals surface area contributed by atoms with Gasteiger partial charge in [-0.1, -0.05) is 6.07 Å². The van der Waals surface area contributed by atoms with E-state index >= 15 is 0 Å². The normalized spacial score (nSPS) is 9.62.